The second kappa shape index (κ2) is 11.2. The minimum Gasteiger partial charge on any atom is -0.368 e. The number of benzene rings is 2. The number of anilines is 2. The summed E-state index contributed by atoms with van der Waals surface area (Å²) in [5.41, 5.74) is 5.31. The summed E-state index contributed by atoms with van der Waals surface area (Å²) in [5.74, 6) is -0.323. The predicted octanol–water partition coefficient (Wildman–Crippen LogP) is 4.11. The maximum atomic E-state index is 13.8. The number of carbonyl (C=O) groups is 2. The zero-order valence-corrected chi connectivity index (χ0v) is 25.4. The highest BCUT2D eigenvalue weighted by Crippen LogP contribution is 2.38. The molecule has 3 aliphatic heterocycles. The Morgan fingerprint density at radius 2 is 1.72 bits per heavy atom. The highest BCUT2D eigenvalue weighted by molar-refractivity contribution is 9.10. The average molecular weight is 618 g/mol. The lowest BCUT2D eigenvalue weighted by Crippen LogP contribution is -2.53. The smallest absolute Gasteiger partial charge is 0.244 e. The van der Waals surface area contributed by atoms with Crippen LogP contribution in [0, 0.1) is 19.8 Å². The molecule has 0 N–H and O–H groups in total. The molecule has 5 rings (SSSR count). The number of sulfonamides is 1. The number of carbonyl (C=O) groups excluding carboxylic acids is 2. The molecule has 0 aliphatic carbocycles. The number of fused-ring (bicyclic) bond motifs is 1. The highest BCUT2D eigenvalue weighted by atomic mass is 79.9. The van der Waals surface area contributed by atoms with Crippen LogP contribution in [0.1, 0.15) is 42.9 Å². The van der Waals surface area contributed by atoms with Crippen LogP contribution in [0.5, 0.6) is 0 Å². The van der Waals surface area contributed by atoms with Gasteiger partial charge in [0.25, 0.3) is 0 Å². The number of amides is 2. The van der Waals surface area contributed by atoms with Crippen molar-refractivity contribution in [1.82, 2.24) is 9.21 Å². The minimum atomic E-state index is -3.85. The third-order valence-corrected chi connectivity index (χ3v) is 11.1. The Kier molecular flexibility index (Phi) is 8.08. The van der Waals surface area contributed by atoms with Crippen LogP contribution in [-0.4, -0.2) is 75.3 Å². The van der Waals surface area contributed by atoms with Crippen LogP contribution < -0.4 is 9.80 Å². The SMILES string of the molecule is CCC(=O)N1CCc2cc(Br)c(S(=O)(=O)N3CCC[C@@H](C(=O)N4CCN(c5cc(C)ccc5C)CC4)C3)cc21. The van der Waals surface area contributed by atoms with Crippen molar-refractivity contribution in [1.29, 1.82) is 0 Å². The van der Waals surface area contributed by atoms with Gasteiger partial charge in [-0.2, -0.15) is 4.31 Å². The normalized spacial score (nSPS) is 20.3. The van der Waals surface area contributed by atoms with Gasteiger partial charge >= 0.3 is 0 Å². The van der Waals surface area contributed by atoms with E-state index < -0.39 is 10.0 Å². The fraction of sp³-hybridized carbons (Fsp3) is 0.517. The van der Waals surface area contributed by atoms with Gasteiger partial charge in [-0.1, -0.05) is 19.1 Å². The first-order valence-electron chi connectivity index (χ1n) is 13.8. The van der Waals surface area contributed by atoms with Gasteiger partial charge in [0.1, 0.15) is 0 Å². The molecule has 3 aliphatic rings. The molecule has 2 aromatic rings. The molecule has 1 atom stereocenters. The van der Waals surface area contributed by atoms with Crippen molar-refractivity contribution in [3.05, 3.63) is 51.5 Å². The monoisotopic (exact) mass is 616 g/mol. The van der Waals surface area contributed by atoms with E-state index >= 15 is 0 Å². The molecular formula is C29H37BrN4O4S. The second-order valence-corrected chi connectivity index (χ2v) is 13.6. The first kappa shape index (κ1) is 28.1. The fourth-order valence-corrected chi connectivity index (χ4v) is 8.62. The van der Waals surface area contributed by atoms with Crippen LogP contribution >= 0.6 is 15.9 Å². The van der Waals surface area contributed by atoms with Crippen LogP contribution in [0.15, 0.2) is 39.7 Å². The topological polar surface area (TPSA) is 81.2 Å². The molecular weight excluding hydrogens is 580 g/mol. The Balaban J connectivity index is 1.28. The summed E-state index contributed by atoms with van der Waals surface area (Å²) < 4.78 is 29.6. The summed E-state index contributed by atoms with van der Waals surface area (Å²) in [5, 5.41) is 0. The molecule has 0 radical (unpaired) electrons. The minimum absolute atomic E-state index is 0.0132. The first-order chi connectivity index (χ1) is 18.6. The number of piperazine rings is 1. The van der Waals surface area contributed by atoms with Crippen LogP contribution in [0.25, 0.3) is 0 Å². The van der Waals surface area contributed by atoms with Crippen molar-refractivity contribution in [2.45, 2.75) is 51.3 Å². The van der Waals surface area contributed by atoms with Gasteiger partial charge in [0.2, 0.25) is 21.8 Å². The van der Waals surface area contributed by atoms with Crippen LogP contribution in [0.3, 0.4) is 0 Å². The summed E-state index contributed by atoms with van der Waals surface area (Å²) in [6.45, 7) is 9.93. The summed E-state index contributed by atoms with van der Waals surface area (Å²) in [6, 6.07) is 9.91. The number of hydrogen-bond acceptors (Lipinski definition) is 5. The Hall–Kier alpha value is -2.43. The summed E-state index contributed by atoms with van der Waals surface area (Å²) in [4.78, 5) is 32.0. The summed E-state index contributed by atoms with van der Waals surface area (Å²) >= 11 is 3.48. The van der Waals surface area contributed by atoms with Crippen molar-refractivity contribution in [2.75, 3.05) is 55.6 Å². The number of halogens is 1. The zero-order valence-electron chi connectivity index (χ0n) is 23.0. The largest absolute Gasteiger partial charge is 0.368 e. The molecule has 2 aromatic carbocycles. The molecule has 0 aromatic heterocycles. The highest BCUT2D eigenvalue weighted by Gasteiger charge is 2.38. The van der Waals surface area contributed by atoms with Crippen molar-refractivity contribution < 1.29 is 18.0 Å². The Labute approximate surface area is 240 Å². The van der Waals surface area contributed by atoms with Gasteiger partial charge in [0.05, 0.1) is 10.8 Å². The lowest BCUT2D eigenvalue weighted by atomic mass is 9.97. The van der Waals surface area contributed by atoms with E-state index in [2.05, 4.69) is 52.9 Å². The van der Waals surface area contributed by atoms with Crippen LogP contribution in [0.2, 0.25) is 0 Å². The van der Waals surface area contributed by atoms with Gasteiger partial charge in [0, 0.05) is 68.1 Å². The predicted molar refractivity (Wildman–Crippen MR) is 157 cm³/mol. The van der Waals surface area contributed by atoms with Gasteiger partial charge in [-0.05, 0) is 83.9 Å². The van der Waals surface area contributed by atoms with Gasteiger partial charge < -0.3 is 14.7 Å². The number of piperidine rings is 1. The summed E-state index contributed by atoms with van der Waals surface area (Å²) in [7, 11) is -3.85. The molecule has 2 fully saturated rings. The van der Waals surface area contributed by atoms with E-state index in [-0.39, 0.29) is 29.2 Å². The van der Waals surface area contributed by atoms with Crippen molar-refractivity contribution in [3.8, 4) is 0 Å². The third kappa shape index (κ3) is 5.47. The lowest BCUT2D eigenvalue weighted by Gasteiger charge is -2.40. The number of nitrogens with zero attached hydrogens (tertiary/aromatic N) is 4. The van der Waals surface area contributed by atoms with Crippen molar-refractivity contribution in [2.24, 2.45) is 5.92 Å². The lowest BCUT2D eigenvalue weighted by molar-refractivity contribution is -0.137. The standard InChI is InChI=1S/C29H37BrN4O4S/c1-4-28(35)34-11-9-22-17-24(30)27(18-26(22)34)39(37,38)33-10-5-6-23(19-33)29(36)32-14-12-31(13-15-32)25-16-20(2)7-8-21(25)3/h7-8,16-18,23H,4-6,9-15,19H2,1-3H3/t23-/m1/s1. The van der Waals surface area contributed by atoms with E-state index in [9.17, 15) is 18.0 Å². The fourth-order valence-electron chi connectivity index (χ4n) is 6.02. The van der Waals surface area contributed by atoms with E-state index in [0.717, 1.165) is 18.7 Å². The van der Waals surface area contributed by atoms with E-state index in [1.54, 1.807) is 11.0 Å². The molecule has 8 nitrogen and oxygen atoms in total. The van der Waals surface area contributed by atoms with Crippen LogP contribution in [0.4, 0.5) is 11.4 Å². The zero-order chi connectivity index (χ0) is 27.9. The molecule has 210 valence electrons. The second-order valence-electron chi connectivity index (χ2n) is 10.9. The van der Waals surface area contributed by atoms with Gasteiger partial charge in [-0.15, -0.1) is 0 Å². The maximum absolute atomic E-state index is 13.8. The third-order valence-electron chi connectivity index (χ3n) is 8.28. The number of aryl methyl sites for hydroxylation is 2. The quantitative estimate of drug-likeness (QED) is 0.505. The summed E-state index contributed by atoms with van der Waals surface area (Å²) in [6.07, 6.45) is 2.40. The van der Waals surface area contributed by atoms with E-state index in [4.69, 9.17) is 0 Å². The average Bonchev–Trinajstić information content (AvgIpc) is 3.36. The Morgan fingerprint density at radius 3 is 2.44 bits per heavy atom. The van der Waals surface area contributed by atoms with Gasteiger partial charge in [0.15, 0.2) is 0 Å². The van der Waals surface area contributed by atoms with Crippen molar-refractivity contribution >= 4 is 49.1 Å². The number of rotatable bonds is 5. The van der Waals surface area contributed by atoms with E-state index in [0.29, 0.717) is 62.0 Å². The van der Waals surface area contributed by atoms with Gasteiger partial charge in [-0.3, -0.25) is 9.59 Å². The number of hydrogen-bond donors (Lipinski definition) is 0. The molecule has 3 heterocycles. The molecule has 0 spiro atoms. The van der Waals surface area contributed by atoms with Crippen molar-refractivity contribution in [3.63, 3.8) is 0 Å². The van der Waals surface area contributed by atoms with Gasteiger partial charge in [-0.25, -0.2) is 8.42 Å². The molecule has 0 unspecified atom stereocenters. The Morgan fingerprint density at radius 1 is 0.974 bits per heavy atom. The Bertz CT molecular complexity index is 1390. The van der Waals surface area contributed by atoms with E-state index in [1.165, 1.54) is 21.1 Å². The molecule has 2 saturated heterocycles. The van der Waals surface area contributed by atoms with Crippen LogP contribution in [-0.2, 0) is 26.0 Å². The molecule has 0 saturated carbocycles. The molecule has 0 bridgehead atoms. The maximum Gasteiger partial charge on any atom is 0.244 e. The molecule has 2 amide bonds. The molecule has 10 heteroatoms. The van der Waals surface area contributed by atoms with E-state index in [1.807, 2.05) is 17.9 Å². The first-order valence-corrected chi connectivity index (χ1v) is 16.1. The molecule has 39 heavy (non-hydrogen) atoms.